The Kier molecular flexibility index (Phi) is 18.9. The SMILES string of the molecule is CCCCCCCCCCCCCCCCCCCCCCCCc1c(C(=O)O)cc(O)c(O)c1O. The zero-order valence-electron chi connectivity index (χ0n) is 23.0. The van der Waals surface area contributed by atoms with Crippen LogP contribution >= 0.6 is 0 Å². The van der Waals surface area contributed by atoms with Gasteiger partial charge in [-0.05, 0) is 18.9 Å². The van der Waals surface area contributed by atoms with E-state index < -0.39 is 23.2 Å². The van der Waals surface area contributed by atoms with Crippen LogP contribution in [0.5, 0.6) is 17.2 Å². The Bertz CT molecular complexity index is 701. The van der Waals surface area contributed by atoms with Crippen molar-refractivity contribution < 1.29 is 25.2 Å². The highest BCUT2D eigenvalue weighted by atomic mass is 16.4. The molecule has 0 fully saturated rings. The van der Waals surface area contributed by atoms with E-state index in [-0.39, 0.29) is 11.1 Å². The number of carboxylic acid groups (broad SMARTS) is 1. The number of hydrogen-bond donors (Lipinski definition) is 4. The molecule has 0 spiro atoms. The minimum absolute atomic E-state index is 0.147. The first-order chi connectivity index (χ1) is 17.5. The molecule has 0 unspecified atom stereocenters. The van der Waals surface area contributed by atoms with E-state index in [1.165, 1.54) is 122 Å². The van der Waals surface area contributed by atoms with Crippen molar-refractivity contribution in [3.8, 4) is 17.2 Å². The monoisotopic (exact) mass is 506 g/mol. The van der Waals surface area contributed by atoms with E-state index in [1.54, 1.807) is 0 Å². The molecule has 0 aliphatic heterocycles. The summed E-state index contributed by atoms with van der Waals surface area (Å²) in [6.45, 7) is 2.28. The standard InChI is InChI=1S/C31H54O5/c1-2-3-4-5-6-7-8-9-10-11-12-13-14-15-16-17-18-19-20-21-22-23-24-26-27(31(35)36)25-28(32)30(34)29(26)33/h25,32-34H,2-24H2,1H3,(H,35,36). The normalized spacial score (nSPS) is 11.2. The quantitative estimate of drug-likeness (QED) is 0.0826. The zero-order chi connectivity index (χ0) is 26.4. The molecule has 0 heterocycles. The molecular formula is C31H54O5. The van der Waals surface area contributed by atoms with Crippen molar-refractivity contribution in [2.24, 2.45) is 0 Å². The maximum absolute atomic E-state index is 11.4. The lowest BCUT2D eigenvalue weighted by Gasteiger charge is -2.11. The molecule has 0 aromatic heterocycles. The molecule has 0 aliphatic carbocycles. The van der Waals surface area contributed by atoms with Crippen molar-refractivity contribution in [1.29, 1.82) is 0 Å². The van der Waals surface area contributed by atoms with Gasteiger partial charge in [-0.25, -0.2) is 4.79 Å². The van der Waals surface area contributed by atoms with Crippen molar-refractivity contribution in [1.82, 2.24) is 0 Å². The Morgan fingerprint density at radius 2 is 0.889 bits per heavy atom. The van der Waals surface area contributed by atoms with Crippen LogP contribution in [-0.4, -0.2) is 26.4 Å². The third-order valence-corrected chi connectivity index (χ3v) is 7.37. The highest BCUT2D eigenvalue weighted by Gasteiger charge is 2.20. The number of hydrogen-bond acceptors (Lipinski definition) is 4. The molecule has 0 radical (unpaired) electrons. The van der Waals surface area contributed by atoms with Gasteiger partial charge in [0, 0.05) is 5.56 Å². The Labute approximate surface area is 220 Å². The first-order valence-electron chi connectivity index (χ1n) is 15.0. The highest BCUT2D eigenvalue weighted by Crippen LogP contribution is 2.40. The molecule has 36 heavy (non-hydrogen) atoms. The van der Waals surface area contributed by atoms with Crippen LogP contribution in [0.2, 0.25) is 0 Å². The van der Waals surface area contributed by atoms with Crippen LogP contribution in [0.4, 0.5) is 0 Å². The van der Waals surface area contributed by atoms with Gasteiger partial charge in [0.05, 0.1) is 5.56 Å². The molecule has 0 bridgehead atoms. The summed E-state index contributed by atoms with van der Waals surface area (Å²) in [6.07, 6.45) is 29.3. The van der Waals surface area contributed by atoms with Crippen molar-refractivity contribution >= 4 is 5.97 Å². The average Bonchev–Trinajstić information content (AvgIpc) is 2.86. The molecular weight excluding hydrogens is 452 g/mol. The number of carboxylic acids is 1. The number of unbranched alkanes of at least 4 members (excludes halogenated alkanes) is 21. The first-order valence-corrected chi connectivity index (χ1v) is 15.0. The number of phenolic OH excluding ortho intramolecular Hbond substituents is 3. The lowest BCUT2D eigenvalue weighted by atomic mass is 9.98. The van der Waals surface area contributed by atoms with E-state index in [1.807, 2.05) is 0 Å². The van der Waals surface area contributed by atoms with Crippen molar-refractivity contribution in [3.63, 3.8) is 0 Å². The van der Waals surface area contributed by atoms with Gasteiger partial charge in [0.1, 0.15) is 0 Å². The smallest absolute Gasteiger partial charge is 0.336 e. The number of carbonyl (C=O) groups is 1. The van der Waals surface area contributed by atoms with E-state index in [0.717, 1.165) is 25.3 Å². The molecule has 0 saturated heterocycles. The fourth-order valence-corrected chi connectivity index (χ4v) is 5.04. The Morgan fingerprint density at radius 3 is 1.22 bits per heavy atom. The lowest BCUT2D eigenvalue weighted by molar-refractivity contribution is 0.0694. The number of rotatable bonds is 24. The molecule has 1 rings (SSSR count). The second kappa shape index (κ2) is 21.2. The van der Waals surface area contributed by atoms with Crippen LogP contribution in [-0.2, 0) is 6.42 Å². The maximum Gasteiger partial charge on any atom is 0.336 e. The number of benzene rings is 1. The van der Waals surface area contributed by atoms with Gasteiger partial charge in [-0.3, -0.25) is 0 Å². The summed E-state index contributed by atoms with van der Waals surface area (Å²) in [7, 11) is 0. The average molecular weight is 507 g/mol. The van der Waals surface area contributed by atoms with E-state index in [2.05, 4.69) is 6.92 Å². The van der Waals surface area contributed by atoms with Gasteiger partial charge in [0.15, 0.2) is 11.5 Å². The van der Waals surface area contributed by atoms with Crippen LogP contribution in [0.3, 0.4) is 0 Å². The predicted molar refractivity (Wildman–Crippen MR) is 149 cm³/mol. The van der Waals surface area contributed by atoms with E-state index in [0.29, 0.717) is 6.42 Å². The van der Waals surface area contributed by atoms with Gasteiger partial charge < -0.3 is 20.4 Å². The van der Waals surface area contributed by atoms with Gasteiger partial charge in [-0.2, -0.15) is 0 Å². The third kappa shape index (κ3) is 14.6. The summed E-state index contributed by atoms with van der Waals surface area (Å²) in [5.74, 6) is -2.98. The van der Waals surface area contributed by atoms with Crippen LogP contribution in [0.25, 0.3) is 0 Å². The Morgan fingerprint density at radius 1 is 0.556 bits per heavy atom. The predicted octanol–water partition coefficient (Wildman–Crippen LogP) is 9.65. The number of aromatic carboxylic acids is 1. The van der Waals surface area contributed by atoms with Crippen LogP contribution in [0.15, 0.2) is 6.07 Å². The van der Waals surface area contributed by atoms with E-state index in [4.69, 9.17) is 0 Å². The van der Waals surface area contributed by atoms with Crippen LogP contribution < -0.4 is 0 Å². The molecule has 0 saturated carbocycles. The molecule has 1 aromatic carbocycles. The van der Waals surface area contributed by atoms with Crippen molar-refractivity contribution in [2.75, 3.05) is 0 Å². The molecule has 4 N–H and O–H groups in total. The fraction of sp³-hybridized carbons (Fsp3) is 0.774. The fourth-order valence-electron chi connectivity index (χ4n) is 5.04. The van der Waals surface area contributed by atoms with E-state index >= 15 is 0 Å². The summed E-state index contributed by atoms with van der Waals surface area (Å²) >= 11 is 0. The summed E-state index contributed by atoms with van der Waals surface area (Å²) in [5, 5.41) is 38.5. The molecule has 0 aliphatic rings. The van der Waals surface area contributed by atoms with Gasteiger partial charge in [0.2, 0.25) is 5.75 Å². The van der Waals surface area contributed by atoms with Crippen molar-refractivity contribution in [3.05, 3.63) is 17.2 Å². The van der Waals surface area contributed by atoms with Gasteiger partial charge in [-0.1, -0.05) is 142 Å². The maximum atomic E-state index is 11.4. The lowest BCUT2D eigenvalue weighted by Crippen LogP contribution is -2.03. The minimum atomic E-state index is -1.21. The zero-order valence-corrected chi connectivity index (χ0v) is 23.0. The summed E-state index contributed by atoms with van der Waals surface area (Å²) in [6, 6.07) is 1.00. The number of phenols is 3. The molecule has 0 amide bonds. The molecule has 1 aromatic rings. The van der Waals surface area contributed by atoms with Crippen LogP contribution in [0, 0.1) is 0 Å². The summed E-state index contributed by atoms with van der Waals surface area (Å²) in [4.78, 5) is 11.4. The highest BCUT2D eigenvalue weighted by molar-refractivity contribution is 5.91. The van der Waals surface area contributed by atoms with Crippen LogP contribution in [0.1, 0.15) is 164 Å². The second-order valence-electron chi connectivity index (χ2n) is 10.6. The molecule has 0 atom stereocenters. The second-order valence-corrected chi connectivity index (χ2v) is 10.6. The Hall–Kier alpha value is -1.91. The molecule has 5 heteroatoms. The Balaban J connectivity index is 1.89. The third-order valence-electron chi connectivity index (χ3n) is 7.37. The largest absolute Gasteiger partial charge is 0.504 e. The topological polar surface area (TPSA) is 98.0 Å². The van der Waals surface area contributed by atoms with E-state index in [9.17, 15) is 25.2 Å². The summed E-state index contributed by atoms with van der Waals surface area (Å²) in [5.41, 5.74) is 0.0530. The van der Waals surface area contributed by atoms with Gasteiger partial charge in [-0.15, -0.1) is 0 Å². The molecule has 5 nitrogen and oxygen atoms in total. The first kappa shape index (κ1) is 32.1. The minimum Gasteiger partial charge on any atom is -0.504 e. The van der Waals surface area contributed by atoms with Gasteiger partial charge in [0.25, 0.3) is 0 Å². The number of aromatic hydroxyl groups is 3. The van der Waals surface area contributed by atoms with Gasteiger partial charge >= 0.3 is 5.97 Å². The molecule has 208 valence electrons. The van der Waals surface area contributed by atoms with Crippen molar-refractivity contribution in [2.45, 2.75) is 155 Å². The summed E-state index contributed by atoms with van der Waals surface area (Å²) < 4.78 is 0.